The summed E-state index contributed by atoms with van der Waals surface area (Å²) in [6.07, 6.45) is 1.66. The number of halogens is 1. The number of Topliss-reactive ketones (excluding diaryl/α,β-unsaturated/α-hetero) is 1. The molecule has 2 fully saturated rings. The minimum absolute atomic E-state index is 0.0294. The number of carbonyl (C=O) groups is 2. The van der Waals surface area contributed by atoms with E-state index in [2.05, 4.69) is 10.2 Å². The van der Waals surface area contributed by atoms with E-state index < -0.39 is 22.3 Å². The zero-order chi connectivity index (χ0) is 24.3. The Balaban J connectivity index is 1.63. The Bertz CT molecular complexity index is 1380. The number of anilines is 1. The summed E-state index contributed by atoms with van der Waals surface area (Å²) in [7, 11) is 0. The van der Waals surface area contributed by atoms with Gasteiger partial charge < -0.3 is 5.32 Å². The first-order chi connectivity index (χ1) is 16.9. The number of nitrogens with one attached hydrogen (secondary N) is 1. The summed E-state index contributed by atoms with van der Waals surface area (Å²) in [4.78, 5) is 41.6. The normalized spacial score (nSPS) is 27.0. The quantitative estimate of drug-likeness (QED) is 0.312. The number of ketones is 1. The second-order valence-corrected chi connectivity index (χ2v) is 9.84. The summed E-state index contributed by atoms with van der Waals surface area (Å²) in [5.41, 5.74) is 1.28. The Morgan fingerprint density at radius 2 is 1.89 bits per heavy atom. The van der Waals surface area contributed by atoms with Gasteiger partial charge in [-0.25, -0.2) is 0 Å². The van der Waals surface area contributed by atoms with Gasteiger partial charge >= 0.3 is 0 Å². The maximum absolute atomic E-state index is 14.3. The van der Waals surface area contributed by atoms with E-state index in [0.717, 1.165) is 12.8 Å². The Kier molecular flexibility index (Phi) is 5.02. The molecule has 35 heavy (non-hydrogen) atoms. The van der Waals surface area contributed by atoms with Crippen LogP contribution in [0.15, 0.2) is 72.8 Å². The lowest BCUT2D eigenvalue weighted by molar-refractivity contribution is -0.384. The van der Waals surface area contributed by atoms with Crippen LogP contribution in [-0.2, 0) is 10.3 Å². The molecule has 3 aliphatic heterocycles. The molecule has 1 spiro atoms. The molecule has 8 heteroatoms. The maximum atomic E-state index is 14.3. The fourth-order valence-corrected chi connectivity index (χ4v) is 6.71. The molecule has 6 rings (SSSR count). The highest BCUT2D eigenvalue weighted by atomic mass is 35.5. The lowest BCUT2D eigenvalue weighted by Crippen LogP contribution is -2.52. The first kappa shape index (κ1) is 21.9. The number of amides is 1. The van der Waals surface area contributed by atoms with Crippen LogP contribution in [0.25, 0.3) is 0 Å². The lowest BCUT2D eigenvalue weighted by atomic mass is 9.68. The van der Waals surface area contributed by atoms with Crippen molar-refractivity contribution >= 4 is 34.7 Å². The molecule has 0 aromatic heterocycles. The van der Waals surface area contributed by atoms with Gasteiger partial charge in [-0.2, -0.15) is 0 Å². The number of carbonyl (C=O) groups excluding carboxylic acids is 2. The molecular weight excluding hydrogens is 466 g/mol. The third-order valence-electron chi connectivity index (χ3n) is 7.77. The van der Waals surface area contributed by atoms with Crippen molar-refractivity contribution in [3.05, 3.63) is 105 Å². The summed E-state index contributed by atoms with van der Waals surface area (Å²) in [5, 5.41) is 15.1. The summed E-state index contributed by atoms with van der Waals surface area (Å²) in [6.45, 7) is 0.647. The minimum atomic E-state index is -1.25. The highest BCUT2D eigenvalue weighted by Crippen LogP contribution is 2.61. The highest BCUT2D eigenvalue weighted by molar-refractivity contribution is 6.31. The second-order valence-electron chi connectivity index (χ2n) is 9.40. The second kappa shape index (κ2) is 8.00. The molecule has 7 nitrogen and oxygen atoms in total. The number of nitro benzene ring substituents is 1. The summed E-state index contributed by atoms with van der Waals surface area (Å²) in [6, 6.07) is 20.6. The standard InChI is InChI=1S/C27H22ClN3O4/c28-18-11-12-21-20(15-18)27(26(33)29-21)24(25(32)16-6-2-1-3-7-16)23(22-10-5-13-30(22)27)17-8-4-9-19(14-17)31(34)35/h1-4,6-9,11-12,14-15,22-24H,5,10,13H2,(H,29,33)/t22-,23+,24-,27-/m0/s1. The molecule has 176 valence electrons. The van der Waals surface area contributed by atoms with Crippen LogP contribution in [-0.4, -0.2) is 34.1 Å². The van der Waals surface area contributed by atoms with Gasteiger partial charge in [0.05, 0.1) is 10.8 Å². The van der Waals surface area contributed by atoms with Crippen molar-refractivity contribution in [2.75, 3.05) is 11.9 Å². The molecule has 3 aliphatic rings. The number of non-ortho nitro benzene ring substituents is 1. The van der Waals surface area contributed by atoms with Gasteiger partial charge in [0.25, 0.3) is 5.69 Å². The van der Waals surface area contributed by atoms with Crippen LogP contribution in [0.1, 0.15) is 40.2 Å². The van der Waals surface area contributed by atoms with Crippen LogP contribution in [0, 0.1) is 16.0 Å². The minimum Gasteiger partial charge on any atom is -0.324 e. The fourth-order valence-electron chi connectivity index (χ4n) is 6.53. The Hall–Kier alpha value is -3.55. The van der Waals surface area contributed by atoms with Gasteiger partial charge in [-0.05, 0) is 43.1 Å². The number of rotatable bonds is 4. The van der Waals surface area contributed by atoms with Crippen molar-refractivity contribution in [3.8, 4) is 0 Å². The van der Waals surface area contributed by atoms with Crippen molar-refractivity contribution < 1.29 is 14.5 Å². The number of benzene rings is 3. The Labute approximate surface area is 206 Å². The van der Waals surface area contributed by atoms with Crippen LogP contribution in [0.2, 0.25) is 5.02 Å². The molecule has 0 bridgehead atoms. The molecule has 1 amide bonds. The molecule has 3 aromatic rings. The number of nitrogens with zero attached hydrogens (tertiary/aromatic N) is 2. The molecule has 3 aromatic carbocycles. The van der Waals surface area contributed by atoms with E-state index in [0.29, 0.717) is 33.9 Å². The molecular formula is C27H22ClN3O4. The monoisotopic (exact) mass is 487 g/mol. The third kappa shape index (κ3) is 3.08. The zero-order valence-corrected chi connectivity index (χ0v) is 19.4. The van der Waals surface area contributed by atoms with Crippen LogP contribution >= 0.6 is 11.6 Å². The Morgan fingerprint density at radius 1 is 1.09 bits per heavy atom. The van der Waals surface area contributed by atoms with Crippen LogP contribution in [0.5, 0.6) is 0 Å². The van der Waals surface area contributed by atoms with E-state index in [4.69, 9.17) is 11.6 Å². The average molecular weight is 488 g/mol. The number of nitro groups is 1. The van der Waals surface area contributed by atoms with Crippen LogP contribution < -0.4 is 5.32 Å². The lowest BCUT2D eigenvalue weighted by Gasteiger charge is -2.37. The predicted octanol–water partition coefficient (Wildman–Crippen LogP) is 5.16. The van der Waals surface area contributed by atoms with Gasteiger partial charge in [0.2, 0.25) is 5.91 Å². The van der Waals surface area contributed by atoms with E-state index in [-0.39, 0.29) is 23.4 Å². The van der Waals surface area contributed by atoms with Gasteiger partial charge in [0, 0.05) is 45.9 Å². The van der Waals surface area contributed by atoms with Crippen LogP contribution in [0.4, 0.5) is 11.4 Å². The largest absolute Gasteiger partial charge is 0.324 e. The van der Waals surface area contributed by atoms with Gasteiger partial charge in [-0.15, -0.1) is 0 Å². The van der Waals surface area contributed by atoms with Crippen molar-refractivity contribution in [2.45, 2.75) is 30.3 Å². The van der Waals surface area contributed by atoms with E-state index >= 15 is 0 Å². The molecule has 4 atom stereocenters. The highest BCUT2D eigenvalue weighted by Gasteiger charge is 2.69. The molecule has 2 saturated heterocycles. The first-order valence-corrected chi connectivity index (χ1v) is 12.0. The van der Waals surface area contributed by atoms with E-state index in [1.54, 1.807) is 54.6 Å². The van der Waals surface area contributed by atoms with Crippen molar-refractivity contribution in [1.82, 2.24) is 4.90 Å². The van der Waals surface area contributed by atoms with Crippen molar-refractivity contribution in [3.63, 3.8) is 0 Å². The van der Waals surface area contributed by atoms with Gasteiger partial charge in [-0.1, -0.05) is 54.1 Å². The van der Waals surface area contributed by atoms with E-state index in [1.807, 2.05) is 12.1 Å². The first-order valence-electron chi connectivity index (χ1n) is 11.6. The number of hydrogen-bond donors (Lipinski definition) is 1. The predicted molar refractivity (Wildman–Crippen MR) is 132 cm³/mol. The van der Waals surface area contributed by atoms with Gasteiger partial charge in [-0.3, -0.25) is 24.6 Å². The van der Waals surface area contributed by atoms with Gasteiger partial charge in [0.1, 0.15) is 5.54 Å². The smallest absolute Gasteiger partial charge is 0.269 e. The third-order valence-corrected chi connectivity index (χ3v) is 8.00. The Morgan fingerprint density at radius 3 is 2.66 bits per heavy atom. The maximum Gasteiger partial charge on any atom is 0.269 e. The van der Waals surface area contributed by atoms with Gasteiger partial charge in [0.15, 0.2) is 5.78 Å². The molecule has 0 radical (unpaired) electrons. The molecule has 3 heterocycles. The van der Waals surface area contributed by atoms with Crippen molar-refractivity contribution in [1.29, 1.82) is 0 Å². The number of fused-ring (bicyclic) bond motifs is 4. The van der Waals surface area contributed by atoms with Crippen molar-refractivity contribution in [2.24, 2.45) is 5.92 Å². The summed E-state index contributed by atoms with van der Waals surface area (Å²) >= 11 is 6.41. The number of hydrogen-bond acceptors (Lipinski definition) is 5. The summed E-state index contributed by atoms with van der Waals surface area (Å²) in [5.74, 6) is -1.58. The van der Waals surface area contributed by atoms with E-state index in [9.17, 15) is 19.7 Å². The molecule has 1 N–H and O–H groups in total. The molecule has 0 unspecified atom stereocenters. The fraction of sp³-hybridized carbons (Fsp3) is 0.259. The van der Waals surface area contributed by atoms with Crippen LogP contribution in [0.3, 0.4) is 0 Å². The van der Waals surface area contributed by atoms with E-state index in [1.165, 1.54) is 6.07 Å². The zero-order valence-electron chi connectivity index (χ0n) is 18.7. The molecule has 0 aliphatic carbocycles. The topological polar surface area (TPSA) is 92.5 Å². The SMILES string of the molecule is O=C(c1ccccc1)[C@@H]1[C@H](c2cccc([N+](=O)[O-])c2)[C@@H]2CCCN2[C@]12C(=O)Nc1ccc(Cl)cc12. The average Bonchev–Trinajstić information content (AvgIpc) is 3.52. The summed E-state index contributed by atoms with van der Waals surface area (Å²) < 4.78 is 0. The molecule has 0 saturated carbocycles.